The predicted octanol–water partition coefficient (Wildman–Crippen LogP) is 0.335. The number of hydrogen-bond donors (Lipinski definition) is 2. The fourth-order valence-corrected chi connectivity index (χ4v) is 1.33. The highest BCUT2D eigenvalue weighted by molar-refractivity contribution is 5.67. The second-order valence-corrected chi connectivity index (χ2v) is 2.65. The number of rotatable bonds is 0. The van der Waals surface area contributed by atoms with Crippen molar-refractivity contribution in [3.63, 3.8) is 0 Å². The minimum atomic E-state index is 0.574. The number of aryl methyl sites for hydroxylation is 1. The monoisotopic (exact) mass is 150 g/mol. The molecule has 11 heavy (non-hydrogen) atoms. The molecule has 4 nitrogen and oxygen atoms in total. The second-order valence-electron chi connectivity index (χ2n) is 2.65. The molecule has 0 saturated carbocycles. The van der Waals surface area contributed by atoms with Crippen LogP contribution in [0.1, 0.15) is 11.5 Å². The fraction of sp³-hybridized carbons (Fsp3) is 0.429. The van der Waals surface area contributed by atoms with Gasteiger partial charge in [-0.3, -0.25) is 0 Å². The number of nitrogens with two attached hydrogens (primary N) is 1. The van der Waals surface area contributed by atoms with Crippen molar-refractivity contribution in [1.29, 1.82) is 0 Å². The lowest BCUT2D eigenvalue weighted by Gasteiger charge is -2.02. The summed E-state index contributed by atoms with van der Waals surface area (Å²) in [6.45, 7) is 2.78. The van der Waals surface area contributed by atoms with Crippen LogP contribution in [0.5, 0.6) is 0 Å². The van der Waals surface area contributed by atoms with Crippen molar-refractivity contribution in [2.45, 2.75) is 13.3 Å². The highest BCUT2D eigenvalue weighted by atomic mass is 15.0. The maximum atomic E-state index is 5.66. The summed E-state index contributed by atoms with van der Waals surface area (Å²) in [7, 11) is 0. The smallest absolute Gasteiger partial charge is 0.150 e. The van der Waals surface area contributed by atoms with Gasteiger partial charge in [0.2, 0.25) is 0 Å². The molecule has 2 heterocycles. The van der Waals surface area contributed by atoms with Crippen LogP contribution in [0.15, 0.2) is 0 Å². The van der Waals surface area contributed by atoms with E-state index in [1.807, 2.05) is 6.92 Å². The maximum absolute atomic E-state index is 5.66. The zero-order chi connectivity index (χ0) is 7.84. The highest BCUT2D eigenvalue weighted by Gasteiger charge is 2.15. The first kappa shape index (κ1) is 6.39. The third-order valence-electron chi connectivity index (χ3n) is 1.79. The van der Waals surface area contributed by atoms with Gasteiger partial charge in [-0.2, -0.15) is 0 Å². The highest BCUT2D eigenvalue weighted by Crippen LogP contribution is 2.24. The summed E-state index contributed by atoms with van der Waals surface area (Å²) in [5.41, 5.74) is 7.64. The van der Waals surface area contributed by atoms with Gasteiger partial charge in [-0.1, -0.05) is 0 Å². The van der Waals surface area contributed by atoms with Gasteiger partial charge in [0, 0.05) is 13.0 Å². The Morgan fingerprint density at radius 2 is 2.27 bits per heavy atom. The number of nitrogens with zero attached hydrogens (tertiary/aromatic N) is 2. The quantitative estimate of drug-likeness (QED) is 0.559. The van der Waals surface area contributed by atoms with Crippen molar-refractivity contribution in [3.05, 3.63) is 11.5 Å². The third kappa shape index (κ3) is 0.906. The van der Waals surface area contributed by atoms with E-state index in [4.69, 9.17) is 5.73 Å². The van der Waals surface area contributed by atoms with Gasteiger partial charge in [0.15, 0.2) is 5.82 Å². The summed E-state index contributed by atoms with van der Waals surface area (Å²) in [6, 6.07) is 0. The molecular formula is C7H10N4. The van der Waals surface area contributed by atoms with Crippen LogP contribution in [0.4, 0.5) is 11.5 Å². The lowest BCUT2D eigenvalue weighted by molar-refractivity contribution is 0.980. The van der Waals surface area contributed by atoms with E-state index < -0.39 is 0 Å². The molecule has 0 aromatic carbocycles. The van der Waals surface area contributed by atoms with E-state index in [-0.39, 0.29) is 0 Å². The minimum absolute atomic E-state index is 0.574. The standard InChI is InChI=1S/C7H10N4/c1-4-10-5-2-3-9-6(5)7(8)11-4/h9H,2-3H2,1H3,(H2,8,10,11). The number of fused-ring (bicyclic) bond motifs is 1. The van der Waals surface area contributed by atoms with Gasteiger partial charge < -0.3 is 11.1 Å². The first-order chi connectivity index (χ1) is 5.27. The van der Waals surface area contributed by atoms with Crippen molar-refractivity contribution >= 4 is 11.5 Å². The van der Waals surface area contributed by atoms with Crippen LogP contribution in [-0.2, 0) is 6.42 Å². The first-order valence-electron chi connectivity index (χ1n) is 3.64. The van der Waals surface area contributed by atoms with Crippen molar-refractivity contribution in [3.8, 4) is 0 Å². The maximum Gasteiger partial charge on any atom is 0.150 e. The minimum Gasteiger partial charge on any atom is -0.382 e. The summed E-state index contributed by atoms with van der Waals surface area (Å²) in [5, 5.41) is 3.15. The van der Waals surface area contributed by atoms with E-state index in [9.17, 15) is 0 Å². The molecule has 0 radical (unpaired) electrons. The Labute approximate surface area is 64.8 Å². The summed E-state index contributed by atoms with van der Waals surface area (Å²) in [4.78, 5) is 8.31. The molecule has 1 aromatic heterocycles. The van der Waals surface area contributed by atoms with Crippen LogP contribution in [0.2, 0.25) is 0 Å². The average molecular weight is 150 g/mol. The molecule has 1 aliphatic heterocycles. The molecule has 1 aromatic rings. The SMILES string of the molecule is Cc1nc(N)c2c(n1)CCN2. The van der Waals surface area contributed by atoms with Gasteiger partial charge in [0.25, 0.3) is 0 Å². The molecule has 0 atom stereocenters. The topological polar surface area (TPSA) is 63.8 Å². The number of nitrogens with one attached hydrogen (secondary N) is 1. The molecule has 4 heteroatoms. The van der Waals surface area contributed by atoms with Gasteiger partial charge >= 0.3 is 0 Å². The summed E-state index contributed by atoms with van der Waals surface area (Å²) >= 11 is 0. The molecule has 0 spiro atoms. The van der Waals surface area contributed by atoms with Crippen molar-refractivity contribution < 1.29 is 0 Å². The van der Waals surface area contributed by atoms with Crippen molar-refractivity contribution in [2.24, 2.45) is 0 Å². The molecule has 58 valence electrons. The van der Waals surface area contributed by atoms with Crippen LogP contribution in [0, 0.1) is 6.92 Å². The van der Waals surface area contributed by atoms with E-state index in [1.165, 1.54) is 0 Å². The fourth-order valence-electron chi connectivity index (χ4n) is 1.33. The second kappa shape index (κ2) is 2.08. The normalized spacial score (nSPS) is 14.3. The average Bonchev–Trinajstić information content (AvgIpc) is 2.34. The Morgan fingerprint density at radius 1 is 1.45 bits per heavy atom. The van der Waals surface area contributed by atoms with E-state index in [0.717, 1.165) is 30.2 Å². The molecule has 1 aliphatic rings. The van der Waals surface area contributed by atoms with E-state index in [1.54, 1.807) is 0 Å². The van der Waals surface area contributed by atoms with Crippen molar-refractivity contribution in [1.82, 2.24) is 9.97 Å². The lowest BCUT2D eigenvalue weighted by Crippen LogP contribution is -2.01. The zero-order valence-electron chi connectivity index (χ0n) is 6.39. The predicted molar refractivity (Wildman–Crippen MR) is 43.4 cm³/mol. The summed E-state index contributed by atoms with van der Waals surface area (Å²) in [5.74, 6) is 1.33. The van der Waals surface area contributed by atoms with Crippen LogP contribution in [0.25, 0.3) is 0 Å². The van der Waals surface area contributed by atoms with E-state index in [0.29, 0.717) is 5.82 Å². The Kier molecular flexibility index (Phi) is 1.21. The van der Waals surface area contributed by atoms with Crippen LogP contribution >= 0.6 is 0 Å². The van der Waals surface area contributed by atoms with Gasteiger partial charge in [-0.15, -0.1) is 0 Å². The Bertz CT molecular complexity index is 295. The number of anilines is 2. The van der Waals surface area contributed by atoms with Gasteiger partial charge in [-0.25, -0.2) is 9.97 Å². The molecule has 3 N–H and O–H groups in total. The molecule has 2 rings (SSSR count). The number of nitrogen functional groups attached to an aromatic ring is 1. The molecule has 0 amide bonds. The van der Waals surface area contributed by atoms with Crippen LogP contribution in [0.3, 0.4) is 0 Å². The Hall–Kier alpha value is -1.32. The zero-order valence-corrected chi connectivity index (χ0v) is 6.39. The molecule has 0 saturated heterocycles. The molecule has 0 bridgehead atoms. The molecule has 0 fully saturated rings. The number of aromatic nitrogens is 2. The molecule has 0 unspecified atom stereocenters. The third-order valence-corrected chi connectivity index (χ3v) is 1.79. The van der Waals surface area contributed by atoms with Crippen LogP contribution in [-0.4, -0.2) is 16.5 Å². The van der Waals surface area contributed by atoms with Gasteiger partial charge in [0.05, 0.1) is 11.4 Å². The van der Waals surface area contributed by atoms with Crippen molar-refractivity contribution in [2.75, 3.05) is 17.6 Å². The van der Waals surface area contributed by atoms with E-state index in [2.05, 4.69) is 15.3 Å². The van der Waals surface area contributed by atoms with Gasteiger partial charge in [-0.05, 0) is 6.92 Å². The Morgan fingerprint density at radius 3 is 3.09 bits per heavy atom. The van der Waals surface area contributed by atoms with E-state index >= 15 is 0 Å². The lowest BCUT2D eigenvalue weighted by atomic mass is 10.3. The van der Waals surface area contributed by atoms with Crippen LogP contribution < -0.4 is 11.1 Å². The molecular weight excluding hydrogens is 140 g/mol. The van der Waals surface area contributed by atoms with Gasteiger partial charge in [0.1, 0.15) is 5.82 Å². The molecule has 0 aliphatic carbocycles. The summed E-state index contributed by atoms with van der Waals surface area (Å²) < 4.78 is 0. The summed E-state index contributed by atoms with van der Waals surface area (Å²) in [6.07, 6.45) is 0.961. The largest absolute Gasteiger partial charge is 0.382 e. The Balaban J connectivity index is 2.60. The first-order valence-corrected chi connectivity index (χ1v) is 3.64. The number of hydrogen-bond acceptors (Lipinski definition) is 4.